The molecule has 1 aromatic carbocycles. The highest BCUT2D eigenvalue weighted by Crippen LogP contribution is 2.17. The summed E-state index contributed by atoms with van der Waals surface area (Å²) in [5, 5.41) is 9.02. The van der Waals surface area contributed by atoms with Crippen molar-refractivity contribution >= 4 is 5.97 Å². The number of carboxylic acids is 1. The van der Waals surface area contributed by atoms with E-state index in [9.17, 15) is 4.79 Å². The normalized spacial score (nSPS) is 14.6. The molecule has 0 aromatic heterocycles. The van der Waals surface area contributed by atoms with E-state index in [0.717, 1.165) is 11.1 Å². The lowest BCUT2D eigenvalue weighted by Crippen LogP contribution is -2.39. The van der Waals surface area contributed by atoms with Gasteiger partial charge in [-0.2, -0.15) is 0 Å². The molecule has 0 saturated carbocycles. The molecule has 0 spiro atoms. The van der Waals surface area contributed by atoms with Gasteiger partial charge in [0.2, 0.25) is 0 Å². The van der Waals surface area contributed by atoms with Gasteiger partial charge in [-0.05, 0) is 19.4 Å². The summed E-state index contributed by atoms with van der Waals surface area (Å²) < 4.78 is 5.03. The molecule has 82 valence electrons. The predicted octanol–water partition coefficient (Wildman–Crippen LogP) is 2.03. The van der Waals surface area contributed by atoms with Crippen LogP contribution in [0.15, 0.2) is 24.3 Å². The van der Waals surface area contributed by atoms with Crippen LogP contribution in [-0.2, 0) is 16.0 Å². The molecule has 0 aliphatic carbocycles. The minimum absolute atomic E-state index is 0.374. The maximum Gasteiger partial charge on any atom is 0.336 e. The summed E-state index contributed by atoms with van der Waals surface area (Å²) in [6.45, 7) is 3.58. The fourth-order valence-corrected chi connectivity index (χ4v) is 1.33. The molecule has 1 aromatic rings. The second-order valence-corrected chi connectivity index (χ2v) is 3.90. The first-order valence-electron chi connectivity index (χ1n) is 4.82. The van der Waals surface area contributed by atoms with Gasteiger partial charge >= 0.3 is 5.97 Å². The molecular formula is C12H16O3. The molecule has 0 heterocycles. The van der Waals surface area contributed by atoms with Crippen LogP contribution in [0.3, 0.4) is 0 Å². The molecule has 15 heavy (non-hydrogen) atoms. The third-order valence-electron chi connectivity index (χ3n) is 2.56. The number of benzene rings is 1. The number of methoxy groups -OCH3 is 1. The first kappa shape index (κ1) is 11.7. The quantitative estimate of drug-likeness (QED) is 0.823. The average molecular weight is 208 g/mol. The van der Waals surface area contributed by atoms with Crippen molar-refractivity contribution in [2.45, 2.75) is 25.9 Å². The van der Waals surface area contributed by atoms with Gasteiger partial charge in [-0.15, -0.1) is 0 Å². The van der Waals surface area contributed by atoms with Crippen LogP contribution >= 0.6 is 0 Å². The number of carbonyl (C=O) groups is 1. The second-order valence-electron chi connectivity index (χ2n) is 3.90. The van der Waals surface area contributed by atoms with Crippen LogP contribution in [0.1, 0.15) is 18.1 Å². The monoisotopic (exact) mass is 208 g/mol. The fraction of sp³-hybridized carbons (Fsp3) is 0.417. The first-order chi connectivity index (χ1) is 6.98. The number of carboxylic acid groups (broad SMARTS) is 1. The largest absolute Gasteiger partial charge is 0.479 e. The Kier molecular flexibility index (Phi) is 3.48. The Labute approximate surface area is 89.7 Å². The lowest BCUT2D eigenvalue weighted by Gasteiger charge is -2.23. The van der Waals surface area contributed by atoms with Crippen molar-refractivity contribution in [1.82, 2.24) is 0 Å². The van der Waals surface area contributed by atoms with Crippen LogP contribution in [0, 0.1) is 6.92 Å². The molecule has 0 radical (unpaired) electrons. The molecule has 3 heteroatoms. The highest BCUT2D eigenvalue weighted by Gasteiger charge is 2.32. The van der Waals surface area contributed by atoms with E-state index in [1.54, 1.807) is 6.92 Å². The Morgan fingerprint density at radius 2 is 1.93 bits per heavy atom. The van der Waals surface area contributed by atoms with Gasteiger partial charge < -0.3 is 9.84 Å². The molecule has 1 rings (SSSR count). The molecule has 1 atom stereocenters. The van der Waals surface area contributed by atoms with Crippen molar-refractivity contribution in [2.75, 3.05) is 7.11 Å². The molecule has 0 bridgehead atoms. The highest BCUT2D eigenvalue weighted by atomic mass is 16.5. The molecule has 3 nitrogen and oxygen atoms in total. The minimum atomic E-state index is -1.14. The van der Waals surface area contributed by atoms with E-state index in [0.29, 0.717) is 6.42 Å². The lowest BCUT2D eigenvalue weighted by molar-refractivity contribution is -0.159. The summed E-state index contributed by atoms with van der Waals surface area (Å²) in [6.07, 6.45) is 0.374. The van der Waals surface area contributed by atoms with Crippen molar-refractivity contribution in [3.05, 3.63) is 35.4 Å². The number of aliphatic carboxylic acids is 1. The number of hydrogen-bond donors (Lipinski definition) is 1. The smallest absolute Gasteiger partial charge is 0.336 e. The van der Waals surface area contributed by atoms with E-state index in [2.05, 4.69) is 0 Å². The zero-order chi connectivity index (χ0) is 11.5. The van der Waals surface area contributed by atoms with Gasteiger partial charge in [0.15, 0.2) is 5.60 Å². The van der Waals surface area contributed by atoms with Crippen LogP contribution in [0.4, 0.5) is 0 Å². The van der Waals surface area contributed by atoms with Gasteiger partial charge in [0.25, 0.3) is 0 Å². The van der Waals surface area contributed by atoms with E-state index >= 15 is 0 Å². The van der Waals surface area contributed by atoms with Gasteiger partial charge in [0.05, 0.1) is 0 Å². The number of aryl methyl sites for hydroxylation is 1. The Hall–Kier alpha value is -1.35. The SMILES string of the molecule is COC(C)(Cc1ccc(C)cc1)C(=O)O. The Morgan fingerprint density at radius 1 is 1.40 bits per heavy atom. The molecule has 0 fully saturated rings. The topological polar surface area (TPSA) is 46.5 Å². The van der Waals surface area contributed by atoms with Gasteiger partial charge in [0.1, 0.15) is 0 Å². The van der Waals surface area contributed by atoms with E-state index in [1.807, 2.05) is 31.2 Å². The standard InChI is InChI=1S/C12H16O3/c1-9-4-6-10(7-5-9)8-12(2,15-3)11(13)14/h4-7H,8H2,1-3H3,(H,13,14). The van der Waals surface area contributed by atoms with Gasteiger partial charge in [-0.25, -0.2) is 4.79 Å². The number of ether oxygens (including phenoxy) is 1. The maximum absolute atomic E-state index is 11.0. The number of rotatable bonds is 4. The lowest BCUT2D eigenvalue weighted by atomic mass is 9.96. The molecular weight excluding hydrogens is 192 g/mol. The van der Waals surface area contributed by atoms with E-state index in [1.165, 1.54) is 7.11 Å². The summed E-state index contributed by atoms with van der Waals surface area (Å²) in [6, 6.07) is 7.78. The van der Waals surface area contributed by atoms with Crippen LogP contribution < -0.4 is 0 Å². The highest BCUT2D eigenvalue weighted by molar-refractivity contribution is 5.77. The van der Waals surface area contributed by atoms with Crippen LogP contribution in [0.5, 0.6) is 0 Å². The second kappa shape index (κ2) is 4.45. The third-order valence-corrected chi connectivity index (χ3v) is 2.56. The van der Waals surface area contributed by atoms with Gasteiger partial charge in [-0.1, -0.05) is 29.8 Å². The Morgan fingerprint density at radius 3 is 2.33 bits per heavy atom. The molecule has 0 amide bonds. The average Bonchev–Trinajstić information content (AvgIpc) is 2.21. The van der Waals surface area contributed by atoms with Gasteiger partial charge in [0, 0.05) is 13.5 Å². The van der Waals surface area contributed by atoms with Gasteiger partial charge in [-0.3, -0.25) is 0 Å². The van der Waals surface area contributed by atoms with Crippen LogP contribution in [0.25, 0.3) is 0 Å². The zero-order valence-electron chi connectivity index (χ0n) is 9.28. The van der Waals surface area contributed by atoms with Crippen molar-refractivity contribution < 1.29 is 14.6 Å². The van der Waals surface area contributed by atoms with E-state index < -0.39 is 11.6 Å². The van der Waals surface area contributed by atoms with E-state index in [-0.39, 0.29) is 0 Å². The van der Waals surface area contributed by atoms with Crippen molar-refractivity contribution in [3.8, 4) is 0 Å². The molecule has 0 aliphatic heterocycles. The molecule has 0 aliphatic rings. The van der Waals surface area contributed by atoms with E-state index in [4.69, 9.17) is 9.84 Å². The summed E-state index contributed by atoms with van der Waals surface area (Å²) in [5.41, 5.74) is 0.982. The maximum atomic E-state index is 11.0. The van der Waals surface area contributed by atoms with Crippen LogP contribution in [0.2, 0.25) is 0 Å². The molecule has 0 saturated heterocycles. The number of hydrogen-bond acceptors (Lipinski definition) is 2. The molecule has 1 N–H and O–H groups in total. The minimum Gasteiger partial charge on any atom is -0.479 e. The summed E-state index contributed by atoms with van der Waals surface area (Å²) in [5.74, 6) is -0.939. The fourth-order valence-electron chi connectivity index (χ4n) is 1.33. The summed E-state index contributed by atoms with van der Waals surface area (Å²) in [4.78, 5) is 11.0. The predicted molar refractivity (Wildman–Crippen MR) is 57.9 cm³/mol. The molecule has 1 unspecified atom stereocenters. The zero-order valence-corrected chi connectivity index (χ0v) is 9.28. The van der Waals surface area contributed by atoms with Crippen molar-refractivity contribution in [1.29, 1.82) is 0 Å². The third kappa shape index (κ3) is 2.80. The van der Waals surface area contributed by atoms with Crippen LogP contribution in [-0.4, -0.2) is 23.8 Å². The Balaban J connectivity index is 2.84. The summed E-state index contributed by atoms with van der Waals surface area (Å²) in [7, 11) is 1.42. The summed E-state index contributed by atoms with van der Waals surface area (Å²) >= 11 is 0. The van der Waals surface area contributed by atoms with Crippen molar-refractivity contribution in [2.24, 2.45) is 0 Å². The first-order valence-corrected chi connectivity index (χ1v) is 4.82. The Bertz CT molecular complexity index is 342. The van der Waals surface area contributed by atoms with Crippen molar-refractivity contribution in [3.63, 3.8) is 0 Å².